The molecule has 0 aliphatic carbocycles. The van der Waals surface area contributed by atoms with Crippen molar-refractivity contribution in [1.29, 1.82) is 0 Å². The number of aryl methyl sites for hydroxylation is 1. The summed E-state index contributed by atoms with van der Waals surface area (Å²) >= 11 is 5.90. The SMILES string of the molecule is NNc1ncc(C(=O)NCCCn2ccnn2)cc1Cl. The molecule has 4 N–H and O–H groups in total. The van der Waals surface area contributed by atoms with Gasteiger partial charge < -0.3 is 10.7 Å². The van der Waals surface area contributed by atoms with E-state index in [9.17, 15) is 4.79 Å². The third-order valence-electron chi connectivity index (χ3n) is 2.56. The first-order valence-corrected chi connectivity index (χ1v) is 6.33. The highest BCUT2D eigenvalue weighted by atomic mass is 35.5. The van der Waals surface area contributed by atoms with Crippen LogP contribution in [0.1, 0.15) is 16.8 Å². The van der Waals surface area contributed by atoms with Crippen LogP contribution in [-0.2, 0) is 6.54 Å². The summed E-state index contributed by atoms with van der Waals surface area (Å²) in [6.45, 7) is 1.21. The quantitative estimate of drug-likeness (QED) is 0.405. The lowest BCUT2D eigenvalue weighted by Gasteiger charge is -2.07. The van der Waals surface area contributed by atoms with E-state index in [0.29, 0.717) is 29.5 Å². The van der Waals surface area contributed by atoms with Crippen molar-refractivity contribution >= 4 is 23.3 Å². The topological polar surface area (TPSA) is 111 Å². The van der Waals surface area contributed by atoms with Gasteiger partial charge in [0.05, 0.1) is 16.8 Å². The normalized spacial score (nSPS) is 10.3. The molecule has 106 valence electrons. The van der Waals surface area contributed by atoms with Crippen molar-refractivity contribution in [1.82, 2.24) is 25.3 Å². The minimum atomic E-state index is -0.235. The lowest BCUT2D eigenvalue weighted by Crippen LogP contribution is -2.25. The van der Waals surface area contributed by atoms with Crippen LogP contribution in [0, 0.1) is 0 Å². The molecule has 9 heteroatoms. The van der Waals surface area contributed by atoms with E-state index >= 15 is 0 Å². The minimum Gasteiger partial charge on any atom is -0.352 e. The molecule has 0 spiro atoms. The Morgan fingerprint density at radius 2 is 2.35 bits per heavy atom. The molecule has 0 saturated heterocycles. The molecule has 0 aliphatic heterocycles. The lowest BCUT2D eigenvalue weighted by molar-refractivity contribution is 0.0952. The first kappa shape index (κ1) is 14.2. The molecule has 2 heterocycles. The number of aromatic nitrogens is 4. The van der Waals surface area contributed by atoms with Crippen LogP contribution in [0.15, 0.2) is 24.7 Å². The van der Waals surface area contributed by atoms with E-state index < -0.39 is 0 Å². The number of hydrogen-bond acceptors (Lipinski definition) is 6. The predicted octanol–water partition coefficient (Wildman–Crippen LogP) is 0.432. The number of hydrogen-bond donors (Lipinski definition) is 3. The zero-order chi connectivity index (χ0) is 14.4. The molecule has 2 rings (SSSR count). The Balaban J connectivity index is 1.81. The maximum Gasteiger partial charge on any atom is 0.252 e. The van der Waals surface area contributed by atoms with Gasteiger partial charge in [0.1, 0.15) is 0 Å². The summed E-state index contributed by atoms with van der Waals surface area (Å²) in [5, 5.41) is 10.6. The fraction of sp³-hybridized carbons (Fsp3) is 0.273. The van der Waals surface area contributed by atoms with Gasteiger partial charge in [0.25, 0.3) is 5.91 Å². The number of nitrogens with zero attached hydrogens (tertiary/aromatic N) is 4. The number of carbonyl (C=O) groups excluding carboxylic acids is 1. The summed E-state index contributed by atoms with van der Waals surface area (Å²) in [5.74, 6) is 5.30. The highest BCUT2D eigenvalue weighted by Gasteiger charge is 2.08. The summed E-state index contributed by atoms with van der Waals surface area (Å²) in [6.07, 6.45) is 5.54. The Kier molecular flexibility index (Phi) is 4.85. The Labute approximate surface area is 120 Å². The molecule has 0 radical (unpaired) electrons. The van der Waals surface area contributed by atoms with Gasteiger partial charge in [0.15, 0.2) is 5.82 Å². The number of amides is 1. The number of nitrogens with one attached hydrogen (secondary N) is 2. The largest absolute Gasteiger partial charge is 0.352 e. The molecule has 2 aromatic heterocycles. The number of nitrogens with two attached hydrogens (primary N) is 1. The van der Waals surface area contributed by atoms with Gasteiger partial charge in [-0.15, -0.1) is 5.10 Å². The zero-order valence-electron chi connectivity index (χ0n) is 10.6. The molecule has 0 aliphatic rings. The summed E-state index contributed by atoms with van der Waals surface area (Å²) in [7, 11) is 0. The van der Waals surface area contributed by atoms with Gasteiger partial charge in [-0.25, -0.2) is 10.8 Å². The maximum absolute atomic E-state index is 11.9. The molecule has 0 aromatic carbocycles. The van der Waals surface area contributed by atoms with E-state index in [0.717, 1.165) is 6.42 Å². The number of nitrogen functional groups attached to an aromatic ring is 1. The van der Waals surface area contributed by atoms with E-state index in [1.54, 1.807) is 17.1 Å². The number of anilines is 1. The Morgan fingerprint density at radius 3 is 3.00 bits per heavy atom. The highest BCUT2D eigenvalue weighted by molar-refractivity contribution is 6.33. The van der Waals surface area contributed by atoms with Crippen LogP contribution >= 0.6 is 11.6 Å². The van der Waals surface area contributed by atoms with E-state index in [2.05, 4.69) is 26.0 Å². The van der Waals surface area contributed by atoms with Gasteiger partial charge in [-0.2, -0.15) is 0 Å². The van der Waals surface area contributed by atoms with Crippen molar-refractivity contribution in [2.75, 3.05) is 12.0 Å². The van der Waals surface area contributed by atoms with Crippen molar-refractivity contribution in [3.8, 4) is 0 Å². The fourth-order valence-electron chi connectivity index (χ4n) is 1.57. The lowest BCUT2D eigenvalue weighted by atomic mass is 10.2. The average molecular weight is 296 g/mol. The average Bonchev–Trinajstić information content (AvgIpc) is 2.96. The second-order valence-electron chi connectivity index (χ2n) is 3.97. The van der Waals surface area contributed by atoms with E-state index in [4.69, 9.17) is 17.4 Å². The van der Waals surface area contributed by atoms with Crippen molar-refractivity contribution in [2.24, 2.45) is 5.84 Å². The minimum absolute atomic E-state index is 0.235. The van der Waals surface area contributed by atoms with E-state index in [1.165, 1.54) is 12.3 Å². The molecule has 0 bridgehead atoms. The monoisotopic (exact) mass is 295 g/mol. The molecule has 8 nitrogen and oxygen atoms in total. The number of halogens is 1. The molecule has 1 amide bonds. The van der Waals surface area contributed by atoms with E-state index in [1.807, 2.05) is 0 Å². The van der Waals surface area contributed by atoms with Crippen molar-refractivity contribution < 1.29 is 4.79 Å². The highest BCUT2D eigenvalue weighted by Crippen LogP contribution is 2.18. The summed E-state index contributed by atoms with van der Waals surface area (Å²) < 4.78 is 1.70. The van der Waals surface area contributed by atoms with Gasteiger partial charge in [0, 0.05) is 25.5 Å². The summed E-state index contributed by atoms with van der Waals surface area (Å²) in [6, 6.07) is 1.51. The maximum atomic E-state index is 11.9. The Morgan fingerprint density at radius 1 is 1.50 bits per heavy atom. The van der Waals surface area contributed by atoms with Crippen LogP contribution in [0.2, 0.25) is 5.02 Å². The van der Waals surface area contributed by atoms with Gasteiger partial charge in [0.2, 0.25) is 0 Å². The first-order chi connectivity index (χ1) is 9.70. The van der Waals surface area contributed by atoms with Crippen LogP contribution in [-0.4, -0.2) is 32.4 Å². The number of carbonyl (C=O) groups is 1. The number of pyridine rings is 1. The van der Waals surface area contributed by atoms with Gasteiger partial charge in [-0.3, -0.25) is 9.48 Å². The van der Waals surface area contributed by atoms with Crippen molar-refractivity contribution in [3.05, 3.63) is 35.2 Å². The first-order valence-electron chi connectivity index (χ1n) is 5.95. The summed E-state index contributed by atoms with van der Waals surface area (Å²) in [5.41, 5.74) is 2.72. The van der Waals surface area contributed by atoms with Crippen LogP contribution < -0.4 is 16.6 Å². The van der Waals surface area contributed by atoms with Crippen LogP contribution in [0.4, 0.5) is 5.82 Å². The molecular formula is C11H14ClN7O. The molecule has 0 unspecified atom stereocenters. The number of rotatable bonds is 6. The van der Waals surface area contributed by atoms with Crippen LogP contribution in [0.5, 0.6) is 0 Å². The van der Waals surface area contributed by atoms with Crippen molar-refractivity contribution in [2.45, 2.75) is 13.0 Å². The predicted molar refractivity (Wildman–Crippen MR) is 74.0 cm³/mol. The molecule has 0 saturated carbocycles. The second kappa shape index (κ2) is 6.83. The Hall–Kier alpha value is -2.19. The molecule has 2 aromatic rings. The third kappa shape index (κ3) is 3.65. The van der Waals surface area contributed by atoms with Crippen molar-refractivity contribution in [3.63, 3.8) is 0 Å². The van der Waals surface area contributed by atoms with Gasteiger partial charge >= 0.3 is 0 Å². The molecular weight excluding hydrogens is 282 g/mol. The smallest absolute Gasteiger partial charge is 0.252 e. The molecule has 0 atom stereocenters. The standard InChI is InChI=1S/C11H14ClN7O/c12-9-6-8(7-15-10(9)17-13)11(20)14-2-1-4-19-5-3-16-18-19/h3,5-7H,1-2,4,13H2,(H,14,20)(H,15,17). The third-order valence-corrected chi connectivity index (χ3v) is 2.85. The van der Waals surface area contributed by atoms with Crippen LogP contribution in [0.3, 0.4) is 0 Å². The summed E-state index contributed by atoms with van der Waals surface area (Å²) in [4.78, 5) is 15.8. The Bertz CT molecular complexity index is 572. The molecule has 0 fully saturated rings. The fourth-order valence-corrected chi connectivity index (χ4v) is 1.79. The zero-order valence-corrected chi connectivity index (χ0v) is 11.3. The second-order valence-corrected chi connectivity index (χ2v) is 4.38. The van der Waals surface area contributed by atoms with Gasteiger partial charge in [-0.05, 0) is 12.5 Å². The molecule has 20 heavy (non-hydrogen) atoms. The van der Waals surface area contributed by atoms with Gasteiger partial charge in [-0.1, -0.05) is 16.8 Å². The van der Waals surface area contributed by atoms with E-state index in [-0.39, 0.29) is 5.91 Å². The van der Waals surface area contributed by atoms with Crippen LogP contribution in [0.25, 0.3) is 0 Å². The number of hydrazine groups is 1.